The van der Waals surface area contributed by atoms with Crippen molar-refractivity contribution in [3.8, 4) is 0 Å². The number of para-hydroxylation sites is 2. The van der Waals surface area contributed by atoms with Gasteiger partial charge in [-0.25, -0.2) is 0 Å². The second-order valence-corrected chi connectivity index (χ2v) is 8.15. The Kier molecular flexibility index (Phi) is 6.24. The van der Waals surface area contributed by atoms with E-state index in [1.807, 2.05) is 32.0 Å². The number of carbonyl (C=O) groups is 2. The summed E-state index contributed by atoms with van der Waals surface area (Å²) in [6.07, 6.45) is -4.54. The number of aliphatic imine (C=N–C) groups is 1. The van der Waals surface area contributed by atoms with Crippen molar-refractivity contribution >= 4 is 34.6 Å². The van der Waals surface area contributed by atoms with E-state index >= 15 is 0 Å². The zero-order valence-electron chi connectivity index (χ0n) is 18.6. The number of fused-ring (bicyclic) bond motifs is 1. The van der Waals surface area contributed by atoms with Gasteiger partial charge in [-0.15, -0.1) is 0 Å². The number of nitrogens with zero attached hydrogens (tertiary/aromatic N) is 2. The van der Waals surface area contributed by atoms with E-state index < -0.39 is 17.6 Å². The molecule has 3 aromatic carbocycles. The summed E-state index contributed by atoms with van der Waals surface area (Å²) in [7, 11) is 0. The number of amides is 2. The number of nitrogens with one attached hydrogen (secondary N) is 1. The van der Waals surface area contributed by atoms with Crippen LogP contribution in [0.4, 0.5) is 30.2 Å². The predicted octanol–water partition coefficient (Wildman–Crippen LogP) is 5.82. The van der Waals surface area contributed by atoms with Gasteiger partial charge < -0.3 is 10.2 Å². The van der Waals surface area contributed by atoms with Gasteiger partial charge >= 0.3 is 6.18 Å². The van der Waals surface area contributed by atoms with Gasteiger partial charge in [-0.05, 0) is 55.3 Å². The number of halogens is 3. The molecule has 0 radical (unpaired) electrons. The molecule has 0 fully saturated rings. The van der Waals surface area contributed by atoms with E-state index in [2.05, 4.69) is 5.32 Å². The third-order valence-electron chi connectivity index (χ3n) is 5.52. The van der Waals surface area contributed by atoms with E-state index in [4.69, 9.17) is 4.99 Å². The zero-order valence-corrected chi connectivity index (χ0v) is 18.6. The fourth-order valence-electron chi connectivity index (χ4n) is 3.93. The highest BCUT2D eigenvalue weighted by Gasteiger charge is 2.31. The second kappa shape index (κ2) is 9.13. The third-order valence-corrected chi connectivity index (χ3v) is 5.52. The highest BCUT2D eigenvalue weighted by atomic mass is 19.4. The van der Waals surface area contributed by atoms with Crippen LogP contribution in [0, 0.1) is 13.8 Å². The summed E-state index contributed by atoms with van der Waals surface area (Å²) in [5, 5.41) is 2.46. The molecule has 0 atom stereocenters. The number of hydrogen-bond donors (Lipinski definition) is 1. The normalized spacial score (nSPS) is 13.7. The minimum absolute atomic E-state index is 0.00241. The summed E-state index contributed by atoms with van der Waals surface area (Å²) in [5.41, 5.74) is 3.66. The van der Waals surface area contributed by atoms with Crippen molar-refractivity contribution in [2.45, 2.75) is 26.4 Å². The fourth-order valence-corrected chi connectivity index (χ4v) is 3.93. The molecule has 1 N–H and O–H groups in total. The van der Waals surface area contributed by atoms with Gasteiger partial charge in [0, 0.05) is 5.69 Å². The van der Waals surface area contributed by atoms with Crippen molar-refractivity contribution in [2.75, 3.05) is 16.8 Å². The van der Waals surface area contributed by atoms with Crippen LogP contribution in [0.1, 0.15) is 28.7 Å². The van der Waals surface area contributed by atoms with Crippen LogP contribution in [0.25, 0.3) is 0 Å². The quantitative estimate of drug-likeness (QED) is 0.528. The lowest BCUT2D eigenvalue weighted by molar-refractivity contribution is -0.137. The molecule has 1 aliphatic rings. The van der Waals surface area contributed by atoms with Crippen LogP contribution >= 0.6 is 0 Å². The minimum atomic E-state index is -4.53. The van der Waals surface area contributed by atoms with Crippen LogP contribution < -0.4 is 10.2 Å². The largest absolute Gasteiger partial charge is 0.416 e. The van der Waals surface area contributed by atoms with Crippen molar-refractivity contribution < 1.29 is 22.8 Å². The van der Waals surface area contributed by atoms with Gasteiger partial charge in [0.15, 0.2) is 0 Å². The number of hydrogen-bond acceptors (Lipinski definition) is 3. The summed E-state index contributed by atoms with van der Waals surface area (Å²) in [4.78, 5) is 32.0. The van der Waals surface area contributed by atoms with Crippen LogP contribution in [0.15, 0.2) is 71.7 Å². The van der Waals surface area contributed by atoms with E-state index in [1.165, 1.54) is 17.0 Å². The fraction of sp³-hybridized carbons (Fsp3) is 0.192. The summed E-state index contributed by atoms with van der Waals surface area (Å²) in [5.74, 6) is -0.944. The molecule has 0 spiro atoms. The zero-order chi connectivity index (χ0) is 24.5. The summed E-state index contributed by atoms with van der Waals surface area (Å²) < 4.78 is 39.0. The summed E-state index contributed by atoms with van der Waals surface area (Å²) in [6, 6.07) is 17.2. The average molecular weight is 465 g/mol. The number of carbonyl (C=O) groups excluding carboxylic acids is 2. The van der Waals surface area contributed by atoms with Crippen LogP contribution in [0.3, 0.4) is 0 Å². The Morgan fingerprint density at radius 2 is 1.79 bits per heavy atom. The first-order valence-electron chi connectivity index (χ1n) is 10.6. The number of rotatable bonds is 4. The molecule has 174 valence electrons. The monoisotopic (exact) mass is 465 g/mol. The molecule has 0 unspecified atom stereocenters. The van der Waals surface area contributed by atoms with E-state index in [0.29, 0.717) is 17.1 Å². The Morgan fingerprint density at radius 3 is 2.53 bits per heavy atom. The van der Waals surface area contributed by atoms with Crippen LogP contribution in [-0.4, -0.2) is 24.1 Å². The lowest BCUT2D eigenvalue weighted by atomic mass is 9.99. The molecule has 1 heterocycles. The van der Waals surface area contributed by atoms with Crippen molar-refractivity contribution in [1.82, 2.24) is 0 Å². The number of alkyl halides is 3. The van der Waals surface area contributed by atoms with Gasteiger partial charge in [0.05, 0.1) is 29.1 Å². The standard InChI is InChI=1S/C26H22F3N3O2/c1-16-10-11-20(17(2)12-16)22-14-25(34)32(23-9-4-3-8-21(23)31-22)15-24(33)30-19-7-5-6-18(13-19)26(27,28)29/h3-13H,14-15H2,1-2H3,(H,30,33). The van der Waals surface area contributed by atoms with Gasteiger partial charge in [0.25, 0.3) is 0 Å². The molecule has 4 rings (SSSR count). The molecule has 0 saturated heterocycles. The van der Waals surface area contributed by atoms with Crippen molar-refractivity contribution in [3.05, 3.63) is 89.0 Å². The minimum Gasteiger partial charge on any atom is -0.325 e. The molecule has 34 heavy (non-hydrogen) atoms. The van der Waals surface area contributed by atoms with Gasteiger partial charge in [-0.1, -0.05) is 42.0 Å². The Bertz CT molecular complexity index is 1300. The first-order chi connectivity index (χ1) is 16.1. The Labute approximate surface area is 194 Å². The second-order valence-electron chi connectivity index (χ2n) is 8.15. The van der Waals surface area contributed by atoms with Crippen LogP contribution in [0.5, 0.6) is 0 Å². The molecule has 0 bridgehead atoms. The van der Waals surface area contributed by atoms with Crippen molar-refractivity contribution in [1.29, 1.82) is 0 Å². The van der Waals surface area contributed by atoms with Crippen LogP contribution in [-0.2, 0) is 15.8 Å². The number of benzene rings is 3. The van der Waals surface area contributed by atoms with Crippen molar-refractivity contribution in [3.63, 3.8) is 0 Å². The molecule has 0 aliphatic carbocycles. The first-order valence-corrected chi connectivity index (χ1v) is 10.6. The van der Waals surface area contributed by atoms with E-state index in [-0.39, 0.29) is 24.6 Å². The van der Waals surface area contributed by atoms with Gasteiger partial charge in [-0.3, -0.25) is 14.6 Å². The molecule has 1 aliphatic heterocycles. The molecule has 0 aromatic heterocycles. The van der Waals surface area contributed by atoms with E-state index in [9.17, 15) is 22.8 Å². The lowest BCUT2D eigenvalue weighted by Crippen LogP contribution is -2.38. The first kappa shape index (κ1) is 23.2. The number of aryl methyl sites for hydroxylation is 2. The maximum Gasteiger partial charge on any atom is 0.416 e. The maximum absolute atomic E-state index is 13.2. The van der Waals surface area contributed by atoms with Crippen LogP contribution in [0.2, 0.25) is 0 Å². The molecular formula is C26H22F3N3O2. The summed E-state index contributed by atoms with van der Waals surface area (Å²) in [6.45, 7) is 3.57. The highest BCUT2D eigenvalue weighted by molar-refractivity contribution is 6.19. The number of anilines is 2. The average Bonchev–Trinajstić information content (AvgIpc) is 2.90. The van der Waals surface area contributed by atoms with E-state index in [1.54, 1.807) is 24.3 Å². The van der Waals surface area contributed by atoms with Gasteiger partial charge in [0.2, 0.25) is 11.8 Å². The molecule has 5 nitrogen and oxygen atoms in total. The van der Waals surface area contributed by atoms with E-state index in [0.717, 1.165) is 28.8 Å². The molecule has 8 heteroatoms. The third kappa shape index (κ3) is 5.01. The Balaban J connectivity index is 1.60. The molecular weight excluding hydrogens is 443 g/mol. The van der Waals surface area contributed by atoms with Crippen molar-refractivity contribution in [2.24, 2.45) is 4.99 Å². The van der Waals surface area contributed by atoms with Gasteiger partial charge in [-0.2, -0.15) is 13.2 Å². The lowest BCUT2D eigenvalue weighted by Gasteiger charge is -2.22. The molecule has 0 saturated carbocycles. The highest BCUT2D eigenvalue weighted by Crippen LogP contribution is 2.34. The predicted molar refractivity (Wildman–Crippen MR) is 126 cm³/mol. The SMILES string of the molecule is Cc1ccc(C2=Nc3ccccc3N(CC(=O)Nc3cccc(C(F)(F)F)c3)C(=O)C2)c(C)c1. The van der Waals surface area contributed by atoms with Gasteiger partial charge in [0.1, 0.15) is 6.54 Å². The Morgan fingerprint density at radius 1 is 1.03 bits per heavy atom. The molecule has 3 aromatic rings. The molecule has 2 amide bonds. The topological polar surface area (TPSA) is 61.8 Å². The Hall–Kier alpha value is -3.94. The maximum atomic E-state index is 13.2. The smallest absolute Gasteiger partial charge is 0.325 e. The summed E-state index contributed by atoms with van der Waals surface area (Å²) >= 11 is 0.